The Labute approximate surface area is 193 Å². The van der Waals surface area contributed by atoms with E-state index < -0.39 is 0 Å². The third-order valence-electron chi connectivity index (χ3n) is 5.00. The first-order valence-electron chi connectivity index (χ1n) is 10.0. The van der Waals surface area contributed by atoms with Gasteiger partial charge in [0.25, 0.3) is 5.91 Å². The Hall–Kier alpha value is -4.24. The Morgan fingerprint density at radius 3 is 2.85 bits per heavy atom. The number of anilines is 1. The van der Waals surface area contributed by atoms with Crippen LogP contribution in [0.2, 0.25) is 5.02 Å². The van der Waals surface area contributed by atoms with Crippen LogP contribution in [0.1, 0.15) is 16.1 Å². The van der Waals surface area contributed by atoms with Gasteiger partial charge >= 0.3 is 0 Å². The van der Waals surface area contributed by atoms with Crippen molar-refractivity contribution >= 4 is 28.8 Å². The fourth-order valence-corrected chi connectivity index (χ4v) is 3.66. The maximum absolute atomic E-state index is 13.2. The van der Waals surface area contributed by atoms with E-state index in [1.165, 1.54) is 6.20 Å². The molecule has 4 aromatic heterocycles. The maximum atomic E-state index is 13.2. The molecule has 4 heterocycles. The van der Waals surface area contributed by atoms with Crippen LogP contribution in [-0.4, -0.2) is 42.4 Å². The number of hydrogen-bond donors (Lipinski definition) is 1. The van der Waals surface area contributed by atoms with Crippen molar-refractivity contribution in [3.63, 3.8) is 0 Å². The average Bonchev–Trinajstić information content (AvgIpc) is 3.44. The zero-order valence-corrected chi connectivity index (χ0v) is 18.3. The molecule has 164 valence electrons. The summed E-state index contributed by atoms with van der Waals surface area (Å²) in [5.41, 5.74) is 3.29. The van der Waals surface area contributed by atoms with Gasteiger partial charge in [0.05, 0.1) is 31.2 Å². The predicted octanol–water partition coefficient (Wildman–Crippen LogP) is 3.95. The summed E-state index contributed by atoms with van der Waals surface area (Å²) in [5.74, 6) is 0.221. The molecule has 5 rings (SSSR count). The fourth-order valence-electron chi connectivity index (χ4n) is 3.49. The number of carbonyl (C=O) groups excluding carboxylic acids is 1. The highest BCUT2D eigenvalue weighted by atomic mass is 35.5. The molecule has 5 aromatic rings. The second-order valence-electron chi connectivity index (χ2n) is 7.15. The van der Waals surface area contributed by atoms with Gasteiger partial charge in [0.15, 0.2) is 5.65 Å². The van der Waals surface area contributed by atoms with E-state index in [0.29, 0.717) is 45.5 Å². The van der Waals surface area contributed by atoms with Crippen molar-refractivity contribution < 1.29 is 9.53 Å². The molecular formula is C23H18ClN7O2. The maximum Gasteiger partial charge on any atom is 0.261 e. The van der Waals surface area contributed by atoms with E-state index >= 15 is 0 Å². The predicted molar refractivity (Wildman–Crippen MR) is 124 cm³/mol. The second kappa shape index (κ2) is 8.71. The smallest absolute Gasteiger partial charge is 0.261 e. The summed E-state index contributed by atoms with van der Waals surface area (Å²) in [6.45, 7) is 0.421. The highest BCUT2D eigenvalue weighted by molar-refractivity contribution is 6.31. The Balaban J connectivity index is 1.56. The molecular weight excluding hydrogens is 442 g/mol. The lowest BCUT2D eigenvalue weighted by Gasteiger charge is -2.09. The number of carbonyl (C=O) groups is 1. The van der Waals surface area contributed by atoms with Gasteiger partial charge in [0, 0.05) is 35.4 Å². The molecule has 10 heteroatoms. The number of rotatable bonds is 6. The number of methoxy groups -OCH3 is 1. The van der Waals surface area contributed by atoms with E-state index in [1.807, 2.05) is 18.2 Å². The summed E-state index contributed by atoms with van der Waals surface area (Å²) in [7, 11) is 1.57. The van der Waals surface area contributed by atoms with Gasteiger partial charge in [-0.3, -0.25) is 14.5 Å². The summed E-state index contributed by atoms with van der Waals surface area (Å²) in [4.78, 5) is 21.8. The third-order valence-corrected chi connectivity index (χ3v) is 5.24. The van der Waals surface area contributed by atoms with Crippen molar-refractivity contribution in [2.45, 2.75) is 6.54 Å². The highest BCUT2D eigenvalue weighted by Crippen LogP contribution is 2.36. The van der Waals surface area contributed by atoms with E-state index in [2.05, 4.69) is 20.4 Å². The lowest BCUT2D eigenvalue weighted by molar-refractivity contribution is 0.102. The number of halogens is 1. The zero-order valence-electron chi connectivity index (χ0n) is 17.5. The Morgan fingerprint density at radius 1 is 1.15 bits per heavy atom. The minimum absolute atomic E-state index is 0.345. The van der Waals surface area contributed by atoms with Gasteiger partial charge in [0.2, 0.25) is 0 Å². The van der Waals surface area contributed by atoms with Crippen LogP contribution < -0.4 is 10.1 Å². The summed E-state index contributed by atoms with van der Waals surface area (Å²) in [6.07, 6.45) is 8.30. The van der Waals surface area contributed by atoms with E-state index in [4.69, 9.17) is 21.4 Å². The lowest BCUT2D eigenvalue weighted by atomic mass is 10.1. The van der Waals surface area contributed by atoms with Gasteiger partial charge in [-0.2, -0.15) is 10.2 Å². The fraction of sp³-hybridized carbons (Fsp3) is 0.0870. The minimum atomic E-state index is -0.358. The molecule has 0 atom stereocenters. The molecule has 1 amide bonds. The van der Waals surface area contributed by atoms with Gasteiger partial charge in [-0.05, 0) is 36.4 Å². The molecule has 0 aliphatic heterocycles. The van der Waals surface area contributed by atoms with E-state index in [9.17, 15) is 4.79 Å². The van der Waals surface area contributed by atoms with Crippen molar-refractivity contribution in [3.8, 4) is 17.0 Å². The van der Waals surface area contributed by atoms with E-state index in [0.717, 1.165) is 5.69 Å². The van der Waals surface area contributed by atoms with Crippen LogP contribution in [0, 0.1) is 0 Å². The summed E-state index contributed by atoms with van der Waals surface area (Å²) in [6, 6.07) is 12.7. The monoisotopic (exact) mass is 459 g/mol. The summed E-state index contributed by atoms with van der Waals surface area (Å²) in [5, 5.41) is 12.4. The molecule has 0 bridgehead atoms. The molecule has 0 saturated carbocycles. The number of nitrogens with zero attached hydrogens (tertiary/aromatic N) is 6. The number of nitrogens with one attached hydrogen (secondary N) is 1. The molecule has 0 saturated heterocycles. The molecule has 33 heavy (non-hydrogen) atoms. The first-order valence-corrected chi connectivity index (χ1v) is 10.4. The molecule has 0 aliphatic carbocycles. The van der Waals surface area contributed by atoms with Gasteiger partial charge in [0.1, 0.15) is 17.0 Å². The number of hydrogen-bond acceptors (Lipinski definition) is 6. The third kappa shape index (κ3) is 4.13. The number of ether oxygens (including phenoxy) is 1. The molecule has 0 unspecified atom stereocenters. The van der Waals surface area contributed by atoms with Crippen LogP contribution >= 0.6 is 11.6 Å². The van der Waals surface area contributed by atoms with Crippen LogP contribution in [0.3, 0.4) is 0 Å². The second-order valence-corrected chi connectivity index (χ2v) is 7.59. The van der Waals surface area contributed by atoms with Crippen molar-refractivity contribution in [2.75, 3.05) is 12.4 Å². The van der Waals surface area contributed by atoms with Crippen LogP contribution in [-0.2, 0) is 6.54 Å². The topological polar surface area (TPSA) is 99.2 Å². The molecule has 0 fully saturated rings. The Morgan fingerprint density at radius 2 is 2.03 bits per heavy atom. The van der Waals surface area contributed by atoms with Gasteiger partial charge in [-0.25, -0.2) is 9.50 Å². The summed E-state index contributed by atoms with van der Waals surface area (Å²) >= 11 is 6.26. The first kappa shape index (κ1) is 20.7. The Bertz CT molecular complexity index is 1450. The molecule has 0 aliphatic rings. The van der Waals surface area contributed by atoms with Crippen molar-refractivity contribution in [3.05, 3.63) is 89.7 Å². The first-order chi connectivity index (χ1) is 16.1. The molecule has 0 spiro atoms. The Kier molecular flexibility index (Phi) is 5.45. The van der Waals surface area contributed by atoms with Crippen LogP contribution in [0.4, 0.5) is 5.69 Å². The number of benzene rings is 1. The normalized spacial score (nSPS) is 11.0. The van der Waals surface area contributed by atoms with Crippen LogP contribution in [0.25, 0.3) is 16.9 Å². The molecule has 9 nitrogen and oxygen atoms in total. The summed E-state index contributed by atoms with van der Waals surface area (Å²) < 4.78 is 8.77. The zero-order chi connectivity index (χ0) is 22.8. The lowest BCUT2D eigenvalue weighted by Crippen LogP contribution is -2.12. The highest BCUT2D eigenvalue weighted by Gasteiger charge is 2.21. The number of aromatic nitrogens is 6. The number of fused-ring (bicyclic) bond motifs is 1. The number of pyridine rings is 1. The molecule has 0 radical (unpaired) electrons. The van der Waals surface area contributed by atoms with Crippen LogP contribution in [0.15, 0.2) is 73.4 Å². The van der Waals surface area contributed by atoms with Gasteiger partial charge in [-0.15, -0.1) is 0 Å². The SMILES string of the molecule is COc1ccc(Cl)cc1-c1nn(Cc2ccccn2)cc1NC(=O)c1cnn2cccnc12. The van der Waals surface area contributed by atoms with E-state index in [1.54, 1.807) is 65.4 Å². The standard InChI is InChI=1S/C23H18ClN7O2/c1-33-20-7-6-15(24)11-17(20)21-19(14-30(29-21)13-16-5-2-3-8-25-16)28-23(32)18-12-27-31-10-4-9-26-22(18)31/h2-12,14H,13H2,1H3,(H,28,32). The number of amides is 1. The van der Waals surface area contributed by atoms with Gasteiger partial charge in [-0.1, -0.05) is 17.7 Å². The average molecular weight is 460 g/mol. The molecule has 1 N–H and O–H groups in total. The molecule has 1 aromatic carbocycles. The van der Waals surface area contributed by atoms with Crippen molar-refractivity contribution in [2.24, 2.45) is 0 Å². The van der Waals surface area contributed by atoms with Gasteiger partial charge < -0.3 is 10.1 Å². The van der Waals surface area contributed by atoms with Crippen molar-refractivity contribution in [1.29, 1.82) is 0 Å². The quantitative estimate of drug-likeness (QED) is 0.412. The largest absolute Gasteiger partial charge is 0.496 e. The van der Waals surface area contributed by atoms with E-state index in [-0.39, 0.29) is 5.91 Å². The van der Waals surface area contributed by atoms with Crippen LogP contribution in [0.5, 0.6) is 5.75 Å². The minimum Gasteiger partial charge on any atom is -0.496 e. The van der Waals surface area contributed by atoms with Crippen molar-refractivity contribution in [1.82, 2.24) is 29.4 Å².